The molecule has 65 valence electrons. The molecule has 0 aromatic heterocycles. The molecular weight excluding hydrogens is 191 g/mol. The molecule has 0 aromatic carbocycles. The third kappa shape index (κ3) is 5.16. The van der Waals surface area contributed by atoms with Gasteiger partial charge in [0.05, 0.1) is 0 Å². The smallest absolute Gasteiger partial charge is 0.273 e. The van der Waals surface area contributed by atoms with E-state index in [2.05, 4.69) is 37.3 Å². The number of rotatable bonds is 0. The fourth-order valence-corrected chi connectivity index (χ4v) is 0.855. The van der Waals surface area contributed by atoms with Crippen LogP contribution >= 0.6 is 0 Å². The molecule has 0 aromatic rings. The predicted molar refractivity (Wildman–Crippen MR) is 47.8 cm³/mol. The summed E-state index contributed by atoms with van der Waals surface area (Å²) >= 11 is 0. The Morgan fingerprint density at radius 3 is 2.25 bits per heavy atom. The van der Waals surface area contributed by atoms with E-state index in [1.54, 1.807) is 0 Å². The monoisotopic (exact) mass is 203 g/mol. The number of hydrogen-bond acceptors (Lipinski definition) is 0. The molecule has 1 radical (unpaired) electrons. The summed E-state index contributed by atoms with van der Waals surface area (Å²) in [7, 11) is 0. The summed E-state index contributed by atoms with van der Waals surface area (Å²) in [5, 5.41) is 0. The fraction of sp³-hybridized carbons (Fsp3) is 0.273. The topological polar surface area (TPSA) is 0 Å². The van der Waals surface area contributed by atoms with Crippen LogP contribution in [0.15, 0.2) is 36.0 Å². The van der Waals surface area contributed by atoms with Gasteiger partial charge in [0.2, 0.25) is 0 Å². The average Bonchev–Trinajstić information content (AvgIpc) is 2.57. The van der Waals surface area contributed by atoms with Crippen LogP contribution in [0.1, 0.15) is 19.8 Å². The zero-order valence-electron chi connectivity index (χ0n) is 7.13. The van der Waals surface area contributed by atoms with E-state index in [1.165, 1.54) is 5.57 Å². The van der Waals surface area contributed by atoms with Gasteiger partial charge in [-0.15, -0.1) is 12.8 Å². The molecule has 0 nitrogen and oxygen atoms in total. The van der Waals surface area contributed by atoms with Crippen molar-refractivity contribution in [3.8, 4) is 0 Å². The van der Waals surface area contributed by atoms with Crippen LogP contribution in [0, 0.1) is 12.2 Å². The van der Waals surface area contributed by atoms with Crippen LogP contribution in [0.2, 0.25) is 0 Å². The SMILES string of the molecule is CC1=[C-]CC=C1.[C-]1=CC=CC1.[Co+2]. The van der Waals surface area contributed by atoms with Gasteiger partial charge in [0.25, 0.3) is 0 Å². The number of allylic oxidation sites excluding steroid dienone is 8. The first-order valence-corrected chi connectivity index (χ1v) is 3.85. The minimum Gasteiger partial charge on any atom is -0.273 e. The van der Waals surface area contributed by atoms with Gasteiger partial charge in [-0.3, -0.25) is 12.2 Å². The van der Waals surface area contributed by atoms with Gasteiger partial charge in [-0.05, 0) is 0 Å². The molecule has 0 saturated heterocycles. The van der Waals surface area contributed by atoms with Crippen molar-refractivity contribution in [2.45, 2.75) is 19.8 Å². The molecule has 0 amide bonds. The molecule has 0 atom stereocenters. The largest absolute Gasteiger partial charge is 2.00 e. The van der Waals surface area contributed by atoms with E-state index in [9.17, 15) is 0 Å². The van der Waals surface area contributed by atoms with E-state index < -0.39 is 0 Å². The number of hydrogen-bond donors (Lipinski definition) is 0. The Balaban J connectivity index is 0.000000189. The summed E-state index contributed by atoms with van der Waals surface area (Å²) in [6.45, 7) is 2.06. The van der Waals surface area contributed by atoms with Crippen LogP contribution < -0.4 is 0 Å². The quantitative estimate of drug-likeness (QED) is 0.531. The van der Waals surface area contributed by atoms with Gasteiger partial charge in [-0.25, -0.2) is 23.8 Å². The summed E-state index contributed by atoms with van der Waals surface area (Å²) in [6.07, 6.45) is 18.3. The summed E-state index contributed by atoms with van der Waals surface area (Å²) in [4.78, 5) is 0. The summed E-state index contributed by atoms with van der Waals surface area (Å²) < 4.78 is 0. The third-order valence-electron chi connectivity index (χ3n) is 1.45. The molecule has 2 aliphatic carbocycles. The Bertz CT molecular complexity index is 206. The van der Waals surface area contributed by atoms with Crippen LogP contribution in [0.5, 0.6) is 0 Å². The molecule has 12 heavy (non-hydrogen) atoms. The molecule has 0 fully saturated rings. The van der Waals surface area contributed by atoms with Crippen molar-refractivity contribution in [3.63, 3.8) is 0 Å². The van der Waals surface area contributed by atoms with E-state index in [0.717, 1.165) is 12.8 Å². The molecule has 0 aliphatic heterocycles. The van der Waals surface area contributed by atoms with Crippen molar-refractivity contribution < 1.29 is 16.8 Å². The minimum absolute atomic E-state index is 0. The van der Waals surface area contributed by atoms with Gasteiger partial charge < -0.3 is 0 Å². The van der Waals surface area contributed by atoms with E-state index in [-0.39, 0.29) is 16.8 Å². The Hall–Kier alpha value is -0.534. The van der Waals surface area contributed by atoms with Crippen LogP contribution in [0.4, 0.5) is 0 Å². The first-order valence-electron chi connectivity index (χ1n) is 3.85. The second-order valence-corrected chi connectivity index (χ2v) is 2.47. The molecule has 0 unspecified atom stereocenters. The van der Waals surface area contributed by atoms with Gasteiger partial charge in [0, 0.05) is 0 Å². The van der Waals surface area contributed by atoms with Gasteiger partial charge >= 0.3 is 16.8 Å². The first kappa shape index (κ1) is 11.5. The Morgan fingerprint density at radius 2 is 2.08 bits per heavy atom. The zero-order valence-corrected chi connectivity index (χ0v) is 8.18. The molecule has 0 spiro atoms. The van der Waals surface area contributed by atoms with Crippen LogP contribution in [-0.4, -0.2) is 0 Å². The maximum atomic E-state index is 3.12. The summed E-state index contributed by atoms with van der Waals surface area (Å²) in [5.41, 5.74) is 1.27. The maximum Gasteiger partial charge on any atom is 2.00 e. The molecular formula is C11H12Co. The van der Waals surface area contributed by atoms with E-state index in [0.29, 0.717) is 0 Å². The van der Waals surface area contributed by atoms with Crippen molar-refractivity contribution in [1.29, 1.82) is 0 Å². The van der Waals surface area contributed by atoms with Gasteiger partial charge in [-0.1, -0.05) is 6.92 Å². The van der Waals surface area contributed by atoms with Crippen molar-refractivity contribution >= 4 is 0 Å². The first-order chi connectivity index (χ1) is 5.39. The second-order valence-electron chi connectivity index (χ2n) is 2.47. The molecule has 2 aliphatic rings. The Morgan fingerprint density at radius 1 is 1.25 bits per heavy atom. The Kier molecular flexibility index (Phi) is 6.82. The maximum absolute atomic E-state index is 3.12. The molecule has 2 rings (SSSR count). The molecule has 0 heterocycles. The predicted octanol–water partition coefficient (Wildman–Crippen LogP) is 3.00. The molecule has 0 N–H and O–H groups in total. The van der Waals surface area contributed by atoms with Gasteiger partial charge in [0.15, 0.2) is 0 Å². The van der Waals surface area contributed by atoms with E-state index >= 15 is 0 Å². The standard InChI is InChI=1S/C6H7.C5H5.Co/c1-6-4-2-3-5-6;1-2-4-5-3-1;/h2,4H,3H2,1H3;1-3H,4H2;/q2*-1;+2. The van der Waals surface area contributed by atoms with Crippen molar-refractivity contribution in [3.05, 3.63) is 48.1 Å². The molecule has 0 bridgehead atoms. The van der Waals surface area contributed by atoms with Crippen LogP contribution in [0.25, 0.3) is 0 Å². The fourth-order valence-electron chi connectivity index (χ4n) is 0.855. The Labute approximate surface area is 84.9 Å². The van der Waals surface area contributed by atoms with Gasteiger partial charge in [-0.2, -0.15) is 12.2 Å². The van der Waals surface area contributed by atoms with Gasteiger partial charge in [0.1, 0.15) is 0 Å². The zero-order chi connectivity index (χ0) is 7.94. The second kappa shape index (κ2) is 7.13. The minimum atomic E-state index is 0. The summed E-state index contributed by atoms with van der Waals surface area (Å²) in [5.74, 6) is 0. The van der Waals surface area contributed by atoms with E-state index in [4.69, 9.17) is 0 Å². The normalized spacial score (nSPS) is 16.6. The van der Waals surface area contributed by atoms with Crippen molar-refractivity contribution in [2.24, 2.45) is 0 Å². The average molecular weight is 203 g/mol. The van der Waals surface area contributed by atoms with E-state index in [1.807, 2.05) is 12.2 Å². The van der Waals surface area contributed by atoms with Crippen molar-refractivity contribution in [1.82, 2.24) is 0 Å². The third-order valence-corrected chi connectivity index (χ3v) is 1.45. The van der Waals surface area contributed by atoms with Crippen LogP contribution in [0.3, 0.4) is 0 Å². The molecule has 1 heteroatoms. The molecule has 0 saturated carbocycles. The summed E-state index contributed by atoms with van der Waals surface area (Å²) in [6, 6.07) is 0. The van der Waals surface area contributed by atoms with Crippen LogP contribution in [-0.2, 0) is 16.8 Å². The van der Waals surface area contributed by atoms with Crippen molar-refractivity contribution in [2.75, 3.05) is 0 Å².